The highest BCUT2D eigenvalue weighted by atomic mass is 32.1. The van der Waals surface area contributed by atoms with Gasteiger partial charge in [0.25, 0.3) is 0 Å². The second-order valence-corrected chi connectivity index (χ2v) is 5.64. The molecule has 0 unspecified atom stereocenters. The third kappa shape index (κ3) is 5.19. The van der Waals surface area contributed by atoms with Crippen molar-refractivity contribution in [1.82, 2.24) is 5.32 Å². The van der Waals surface area contributed by atoms with E-state index >= 15 is 0 Å². The molecule has 0 amide bonds. The maximum absolute atomic E-state index is 5.69. The summed E-state index contributed by atoms with van der Waals surface area (Å²) in [6.45, 7) is 3.88. The van der Waals surface area contributed by atoms with Crippen molar-refractivity contribution >= 4 is 11.3 Å². The second kappa shape index (κ2) is 7.85. The Morgan fingerprint density at radius 2 is 2.18 bits per heavy atom. The van der Waals surface area contributed by atoms with Gasteiger partial charge in [-0.15, -0.1) is 0 Å². The maximum atomic E-state index is 5.69. The Kier molecular flexibility index (Phi) is 6.03. The molecule has 1 fully saturated rings. The number of nitrogens with one attached hydrogen (secondary N) is 1. The summed E-state index contributed by atoms with van der Waals surface area (Å²) in [5.74, 6) is 0.848. The molecule has 0 aromatic carbocycles. The second-order valence-electron chi connectivity index (χ2n) is 4.86. The summed E-state index contributed by atoms with van der Waals surface area (Å²) in [4.78, 5) is 0. The average Bonchev–Trinajstić information content (AvgIpc) is 3.00. The molecule has 1 aromatic rings. The van der Waals surface area contributed by atoms with Gasteiger partial charge in [-0.3, -0.25) is 0 Å². The van der Waals surface area contributed by atoms with Crippen LogP contribution in [0.4, 0.5) is 0 Å². The lowest BCUT2D eigenvalue weighted by molar-refractivity contribution is 0.103. The molecule has 17 heavy (non-hydrogen) atoms. The Labute approximate surface area is 108 Å². The third-order valence-electron chi connectivity index (χ3n) is 3.42. The molecule has 1 heterocycles. The number of hydrogen-bond donors (Lipinski definition) is 1. The van der Waals surface area contributed by atoms with Crippen molar-refractivity contribution in [3.63, 3.8) is 0 Å². The van der Waals surface area contributed by atoms with Crippen LogP contribution < -0.4 is 5.32 Å². The molecule has 0 aliphatic heterocycles. The highest BCUT2D eigenvalue weighted by molar-refractivity contribution is 7.07. The molecule has 3 heteroatoms. The Morgan fingerprint density at radius 1 is 1.29 bits per heavy atom. The van der Waals surface area contributed by atoms with E-state index < -0.39 is 0 Å². The largest absolute Gasteiger partial charge is 0.380 e. The maximum Gasteiger partial charge on any atom is 0.0591 e. The normalized spacial score (nSPS) is 16.7. The van der Waals surface area contributed by atoms with Gasteiger partial charge in [0.05, 0.1) is 6.61 Å². The minimum absolute atomic E-state index is 0.848. The first-order chi connectivity index (χ1) is 8.45. The molecular formula is C14H23NOS. The van der Waals surface area contributed by atoms with Crippen molar-refractivity contribution in [2.45, 2.75) is 32.1 Å². The van der Waals surface area contributed by atoms with Crippen molar-refractivity contribution in [3.8, 4) is 0 Å². The Balaban J connectivity index is 1.39. The molecule has 1 aliphatic rings. The zero-order valence-electron chi connectivity index (χ0n) is 10.5. The lowest BCUT2D eigenvalue weighted by atomic mass is 10.1. The molecule has 0 saturated heterocycles. The highest BCUT2D eigenvalue weighted by Gasteiger charge is 2.14. The molecule has 0 atom stereocenters. The van der Waals surface area contributed by atoms with Crippen LogP contribution in [0, 0.1) is 5.92 Å². The van der Waals surface area contributed by atoms with Gasteiger partial charge in [0.15, 0.2) is 0 Å². The summed E-state index contributed by atoms with van der Waals surface area (Å²) < 4.78 is 5.69. The third-order valence-corrected chi connectivity index (χ3v) is 4.15. The van der Waals surface area contributed by atoms with E-state index in [0.29, 0.717) is 0 Å². The number of rotatable bonds is 8. The first-order valence-electron chi connectivity index (χ1n) is 6.74. The minimum Gasteiger partial charge on any atom is -0.380 e. The summed E-state index contributed by atoms with van der Waals surface area (Å²) in [7, 11) is 0. The van der Waals surface area contributed by atoms with Crippen molar-refractivity contribution in [2.75, 3.05) is 26.3 Å². The lowest BCUT2D eigenvalue weighted by Crippen LogP contribution is -2.23. The SMILES string of the molecule is c1cc(CCNCCOCC2CCCC2)cs1. The minimum atomic E-state index is 0.848. The van der Waals surface area contributed by atoms with Crippen molar-refractivity contribution in [2.24, 2.45) is 5.92 Å². The summed E-state index contributed by atoms with van der Waals surface area (Å²) in [5.41, 5.74) is 1.44. The summed E-state index contributed by atoms with van der Waals surface area (Å²) >= 11 is 1.77. The molecule has 0 radical (unpaired) electrons. The van der Waals surface area contributed by atoms with Gasteiger partial charge in [-0.2, -0.15) is 11.3 Å². The van der Waals surface area contributed by atoms with Crippen LogP contribution in [0.2, 0.25) is 0 Å². The van der Waals surface area contributed by atoms with E-state index in [1.54, 1.807) is 11.3 Å². The van der Waals surface area contributed by atoms with Gasteiger partial charge in [-0.25, -0.2) is 0 Å². The molecule has 1 aliphatic carbocycles. The molecular weight excluding hydrogens is 230 g/mol. The predicted octanol–water partition coefficient (Wildman–Crippen LogP) is 3.09. The zero-order valence-corrected chi connectivity index (χ0v) is 11.3. The summed E-state index contributed by atoms with van der Waals surface area (Å²) in [5, 5.41) is 7.79. The van der Waals surface area contributed by atoms with Gasteiger partial charge >= 0.3 is 0 Å². The number of thiophene rings is 1. The van der Waals surface area contributed by atoms with E-state index in [0.717, 1.165) is 38.6 Å². The fourth-order valence-electron chi connectivity index (χ4n) is 2.36. The first-order valence-corrected chi connectivity index (χ1v) is 7.69. The Bertz CT molecular complexity index is 280. The van der Waals surface area contributed by atoms with Crippen molar-refractivity contribution in [3.05, 3.63) is 22.4 Å². The fraction of sp³-hybridized carbons (Fsp3) is 0.714. The highest BCUT2D eigenvalue weighted by Crippen LogP contribution is 2.24. The van der Waals surface area contributed by atoms with E-state index in [2.05, 4.69) is 22.1 Å². The van der Waals surface area contributed by atoms with Gasteiger partial charge in [0.2, 0.25) is 0 Å². The van der Waals surface area contributed by atoms with Gasteiger partial charge in [0.1, 0.15) is 0 Å². The molecule has 0 bridgehead atoms. The van der Waals surface area contributed by atoms with Gasteiger partial charge in [-0.1, -0.05) is 12.8 Å². The average molecular weight is 253 g/mol. The summed E-state index contributed by atoms with van der Waals surface area (Å²) in [6, 6.07) is 2.20. The van der Waals surface area contributed by atoms with Gasteiger partial charge in [-0.05, 0) is 54.1 Å². The van der Waals surface area contributed by atoms with E-state index in [-0.39, 0.29) is 0 Å². The molecule has 96 valence electrons. The van der Waals surface area contributed by atoms with E-state index in [4.69, 9.17) is 4.74 Å². The van der Waals surface area contributed by atoms with Crippen molar-refractivity contribution in [1.29, 1.82) is 0 Å². The standard InChI is InChI=1S/C14H23NOS/c1-2-4-13(3-1)11-16-9-8-15-7-5-14-6-10-17-12-14/h6,10,12-13,15H,1-5,7-9,11H2. The van der Waals surface area contributed by atoms with Crippen LogP contribution in [0.5, 0.6) is 0 Å². The molecule has 1 N–H and O–H groups in total. The number of ether oxygens (including phenoxy) is 1. The number of hydrogen-bond acceptors (Lipinski definition) is 3. The zero-order chi connectivity index (χ0) is 11.8. The topological polar surface area (TPSA) is 21.3 Å². The quantitative estimate of drug-likeness (QED) is 0.719. The van der Waals surface area contributed by atoms with Crippen LogP contribution in [0.3, 0.4) is 0 Å². The van der Waals surface area contributed by atoms with E-state index in [9.17, 15) is 0 Å². The first kappa shape index (κ1) is 13.1. The fourth-order valence-corrected chi connectivity index (χ4v) is 3.07. The molecule has 2 nitrogen and oxygen atoms in total. The Hall–Kier alpha value is -0.380. The Morgan fingerprint density at radius 3 is 2.94 bits per heavy atom. The van der Waals surface area contributed by atoms with Gasteiger partial charge < -0.3 is 10.1 Å². The lowest BCUT2D eigenvalue weighted by Gasteiger charge is -2.10. The van der Waals surface area contributed by atoms with Crippen LogP contribution in [0.25, 0.3) is 0 Å². The molecule has 0 spiro atoms. The van der Waals surface area contributed by atoms with Crippen LogP contribution in [0.15, 0.2) is 16.8 Å². The van der Waals surface area contributed by atoms with Crippen LogP contribution in [-0.4, -0.2) is 26.3 Å². The molecule has 2 rings (SSSR count). The van der Waals surface area contributed by atoms with Crippen LogP contribution in [-0.2, 0) is 11.2 Å². The van der Waals surface area contributed by atoms with Crippen LogP contribution in [0.1, 0.15) is 31.2 Å². The predicted molar refractivity (Wildman–Crippen MR) is 73.7 cm³/mol. The van der Waals surface area contributed by atoms with Gasteiger partial charge in [0, 0.05) is 13.2 Å². The van der Waals surface area contributed by atoms with E-state index in [1.165, 1.54) is 31.2 Å². The van der Waals surface area contributed by atoms with Crippen molar-refractivity contribution < 1.29 is 4.74 Å². The summed E-state index contributed by atoms with van der Waals surface area (Å²) in [6.07, 6.45) is 6.71. The monoisotopic (exact) mass is 253 g/mol. The van der Waals surface area contributed by atoms with Crippen LogP contribution >= 0.6 is 11.3 Å². The smallest absolute Gasteiger partial charge is 0.0591 e. The molecule has 1 saturated carbocycles. The van der Waals surface area contributed by atoms with E-state index in [1.807, 2.05) is 0 Å². The molecule has 1 aromatic heterocycles.